The molecule has 0 aromatic carbocycles. The molecule has 1 heteroatoms. The van der Waals surface area contributed by atoms with Gasteiger partial charge >= 0.3 is 0 Å². The van der Waals surface area contributed by atoms with Gasteiger partial charge in [0.25, 0.3) is 0 Å². The standard InChI is InChI=1S/C28H41N/c1-19(2)27-18-29-28(25-16-8-12-21-10-4-6-14-23(21)25)17-26(27)24-15-7-11-20-9-3-5-13-22(20)24/h6,8,12,14,16,18-24,26,28-29H,3-5,7,9-11,13,15,17H2,1-2H3. The minimum atomic E-state index is 0.534. The van der Waals surface area contributed by atoms with Crippen molar-refractivity contribution in [2.24, 2.45) is 41.4 Å². The van der Waals surface area contributed by atoms with E-state index in [0.717, 1.165) is 29.6 Å². The third-order valence-electron chi connectivity index (χ3n) is 9.09. The highest BCUT2D eigenvalue weighted by Gasteiger charge is 2.43. The Morgan fingerprint density at radius 2 is 1.76 bits per heavy atom. The van der Waals surface area contributed by atoms with Gasteiger partial charge in [0.2, 0.25) is 0 Å². The van der Waals surface area contributed by atoms with Crippen LogP contribution in [0.25, 0.3) is 0 Å². The van der Waals surface area contributed by atoms with E-state index in [4.69, 9.17) is 0 Å². The van der Waals surface area contributed by atoms with Crippen molar-refractivity contribution in [3.8, 4) is 0 Å². The van der Waals surface area contributed by atoms with Gasteiger partial charge in [0.1, 0.15) is 0 Å². The van der Waals surface area contributed by atoms with Gasteiger partial charge in [-0.05, 0) is 85.0 Å². The van der Waals surface area contributed by atoms with E-state index in [0.29, 0.717) is 17.9 Å². The fraction of sp³-hybridized carbons (Fsp3) is 0.714. The highest BCUT2D eigenvalue weighted by molar-refractivity contribution is 5.34. The molecular weight excluding hydrogens is 350 g/mol. The first kappa shape index (κ1) is 19.7. The molecule has 29 heavy (non-hydrogen) atoms. The second kappa shape index (κ2) is 8.48. The smallest absolute Gasteiger partial charge is 0.0483 e. The van der Waals surface area contributed by atoms with Gasteiger partial charge in [0.05, 0.1) is 0 Å². The Balaban J connectivity index is 1.41. The predicted octanol–water partition coefficient (Wildman–Crippen LogP) is 7.19. The van der Waals surface area contributed by atoms with Crippen LogP contribution in [-0.2, 0) is 0 Å². The van der Waals surface area contributed by atoms with Gasteiger partial charge in [-0.25, -0.2) is 0 Å². The second-order valence-corrected chi connectivity index (χ2v) is 10.9. The summed E-state index contributed by atoms with van der Waals surface area (Å²) in [4.78, 5) is 0. The lowest BCUT2D eigenvalue weighted by Gasteiger charge is -2.48. The van der Waals surface area contributed by atoms with Crippen LogP contribution in [0.4, 0.5) is 0 Å². The Kier molecular flexibility index (Phi) is 5.76. The molecule has 4 aliphatic carbocycles. The van der Waals surface area contributed by atoms with Gasteiger partial charge in [-0.15, -0.1) is 0 Å². The van der Waals surface area contributed by atoms with Crippen molar-refractivity contribution in [2.45, 2.75) is 84.1 Å². The SMILES string of the molecule is CC(C)C1=CNC(C2=CC=CC3CCC=CC23)CC1C1CCCC2CCCCC21. The molecule has 1 heterocycles. The lowest BCUT2D eigenvalue weighted by atomic mass is 9.58. The van der Waals surface area contributed by atoms with Crippen molar-refractivity contribution in [3.05, 3.63) is 47.7 Å². The maximum absolute atomic E-state index is 3.90. The minimum Gasteiger partial charge on any atom is -0.384 e. The Morgan fingerprint density at radius 3 is 2.66 bits per heavy atom. The maximum atomic E-state index is 3.90. The van der Waals surface area contributed by atoms with Gasteiger partial charge in [0.15, 0.2) is 0 Å². The summed E-state index contributed by atoms with van der Waals surface area (Å²) in [6.45, 7) is 4.84. The zero-order valence-corrected chi connectivity index (χ0v) is 18.7. The molecule has 1 nitrogen and oxygen atoms in total. The van der Waals surface area contributed by atoms with E-state index >= 15 is 0 Å². The summed E-state index contributed by atoms with van der Waals surface area (Å²) in [5.41, 5.74) is 3.38. The van der Waals surface area contributed by atoms with Crippen molar-refractivity contribution in [3.63, 3.8) is 0 Å². The molecule has 2 fully saturated rings. The fourth-order valence-electron chi connectivity index (χ4n) is 7.70. The number of nitrogens with one attached hydrogen (secondary N) is 1. The van der Waals surface area contributed by atoms with E-state index < -0.39 is 0 Å². The Labute approximate surface area is 178 Å². The van der Waals surface area contributed by atoms with E-state index in [-0.39, 0.29) is 0 Å². The molecule has 5 aliphatic rings. The number of allylic oxidation sites excluding steroid dienone is 6. The van der Waals surface area contributed by atoms with E-state index in [9.17, 15) is 0 Å². The van der Waals surface area contributed by atoms with Gasteiger partial charge in [0, 0.05) is 12.0 Å². The Hall–Kier alpha value is -1.24. The second-order valence-electron chi connectivity index (χ2n) is 10.9. The number of fused-ring (bicyclic) bond motifs is 2. The summed E-state index contributed by atoms with van der Waals surface area (Å²) >= 11 is 0. The molecule has 0 spiro atoms. The Morgan fingerprint density at radius 1 is 0.931 bits per heavy atom. The van der Waals surface area contributed by atoms with Crippen molar-refractivity contribution in [1.29, 1.82) is 0 Å². The minimum absolute atomic E-state index is 0.534. The van der Waals surface area contributed by atoms with Crippen LogP contribution in [0, 0.1) is 41.4 Å². The predicted molar refractivity (Wildman–Crippen MR) is 123 cm³/mol. The first-order valence-corrected chi connectivity index (χ1v) is 12.7. The third kappa shape index (κ3) is 3.79. The van der Waals surface area contributed by atoms with Crippen LogP contribution in [-0.4, -0.2) is 6.04 Å². The summed E-state index contributed by atoms with van der Waals surface area (Å²) in [5, 5.41) is 3.90. The highest BCUT2D eigenvalue weighted by atomic mass is 14.9. The van der Waals surface area contributed by atoms with Crippen molar-refractivity contribution < 1.29 is 0 Å². The van der Waals surface area contributed by atoms with Gasteiger partial charge < -0.3 is 5.32 Å². The molecule has 158 valence electrons. The molecule has 0 aromatic heterocycles. The first-order valence-electron chi connectivity index (χ1n) is 12.7. The van der Waals surface area contributed by atoms with E-state index in [1.54, 1.807) is 11.1 Å². The molecule has 2 saturated carbocycles. The summed E-state index contributed by atoms with van der Waals surface area (Å²) in [5.74, 6) is 5.80. The lowest BCUT2D eigenvalue weighted by molar-refractivity contribution is 0.0645. The molecule has 0 aromatic rings. The molecule has 0 bridgehead atoms. The van der Waals surface area contributed by atoms with Crippen LogP contribution in [0.1, 0.15) is 78.1 Å². The monoisotopic (exact) mass is 391 g/mol. The lowest BCUT2D eigenvalue weighted by Crippen LogP contribution is -2.44. The van der Waals surface area contributed by atoms with Crippen LogP contribution in [0.2, 0.25) is 0 Å². The van der Waals surface area contributed by atoms with Gasteiger partial charge in [-0.1, -0.05) is 76.3 Å². The highest BCUT2D eigenvalue weighted by Crippen LogP contribution is 2.51. The number of hydrogen-bond donors (Lipinski definition) is 1. The van der Waals surface area contributed by atoms with E-state index in [2.05, 4.69) is 55.7 Å². The Bertz CT molecular complexity index is 706. The van der Waals surface area contributed by atoms with Crippen LogP contribution < -0.4 is 5.32 Å². The number of hydrogen-bond acceptors (Lipinski definition) is 1. The van der Waals surface area contributed by atoms with E-state index in [1.807, 2.05) is 0 Å². The summed E-state index contributed by atoms with van der Waals surface area (Å²) in [6, 6.07) is 0.534. The van der Waals surface area contributed by atoms with Crippen LogP contribution in [0.3, 0.4) is 0 Å². The summed E-state index contributed by atoms with van der Waals surface area (Å²) in [7, 11) is 0. The molecule has 7 unspecified atom stereocenters. The summed E-state index contributed by atoms with van der Waals surface area (Å²) < 4.78 is 0. The van der Waals surface area contributed by atoms with Crippen molar-refractivity contribution >= 4 is 0 Å². The fourth-order valence-corrected chi connectivity index (χ4v) is 7.70. The molecule has 0 radical (unpaired) electrons. The first-order chi connectivity index (χ1) is 14.2. The van der Waals surface area contributed by atoms with Gasteiger partial charge in [-0.2, -0.15) is 0 Å². The molecule has 0 amide bonds. The van der Waals surface area contributed by atoms with Gasteiger partial charge in [-0.3, -0.25) is 0 Å². The molecule has 7 atom stereocenters. The average Bonchev–Trinajstić information content (AvgIpc) is 2.78. The number of rotatable bonds is 3. The molecule has 0 saturated heterocycles. The van der Waals surface area contributed by atoms with E-state index in [1.165, 1.54) is 64.2 Å². The molecule has 5 rings (SSSR count). The normalized spacial score (nSPS) is 41.8. The van der Waals surface area contributed by atoms with Crippen molar-refractivity contribution in [2.75, 3.05) is 0 Å². The third-order valence-corrected chi connectivity index (χ3v) is 9.09. The van der Waals surface area contributed by atoms with Crippen LogP contribution in [0.15, 0.2) is 47.7 Å². The summed E-state index contributed by atoms with van der Waals surface area (Å²) in [6.07, 6.45) is 29.0. The molecule has 1 aliphatic heterocycles. The quantitative estimate of drug-likeness (QED) is 0.502. The molecular formula is C28H41N. The average molecular weight is 392 g/mol. The maximum Gasteiger partial charge on any atom is 0.0483 e. The molecule has 1 N–H and O–H groups in total. The topological polar surface area (TPSA) is 12.0 Å². The zero-order chi connectivity index (χ0) is 19.8. The zero-order valence-electron chi connectivity index (χ0n) is 18.7. The van der Waals surface area contributed by atoms with Crippen molar-refractivity contribution in [1.82, 2.24) is 5.32 Å². The van der Waals surface area contributed by atoms with Crippen LogP contribution in [0.5, 0.6) is 0 Å². The van der Waals surface area contributed by atoms with Crippen LogP contribution >= 0.6 is 0 Å². The largest absolute Gasteiger partial charge is 0.384 e.